The van der Waals surface area contributed by atoms with Crippen molar-refractivity contribution in [2.45, 2.75) is 26.2 Å². The van der Waals surface area contributed by atoms with Gasteiger partial charge in [-0.3, -0.25) is 24.2 Å². The fourth-order valence-electron chi connectivity index (χ4n) is 2.97. The van der Waals surface area contributed by atoms with E-state index < -0.39 is 0 Å². The molecule has 0 radical (unpaired) electrons. The Morgan fingerprint density at radius 1 is 1.26 bits per heavy atom. The molecule has 1 fully saturated rings. The summed E-state index contributed by atoms with van der Waals surface area (Å²) >= 11 is 1.47. The van der Waals surface area contributed by atoms with Crippen LogP contribution in [0.25, 0.3) is 10.2 Å². The van der Waals surface area contributed by atoms with Crippen LogP contribution < -0.4 is 9.80 Å². The number of fused-ring (bicyclic) bond motifs is 1. The van der Waals surface area contributed by atoms with Gasteiger partial charge in [-0.15, -0.1) is 0 Å². The summed E-state index contributed by atoms with van der Waals surface area (Å²) in [6.07, 6.45) is 1.32. The minimum absolute atomic E-state index is 0.189. The second kappa shape index (κ2) is 8.14. The van der Waals surface area contributed by atoms with Crippen LogP contribution in [0.1, 0.15) is 25.3 Å². The molecule has 0 bridgehead atoms. The molecule has 1 aromatic carbocycles. The van der Waals surface area contributed by atoms with Gasteiger partial charge in [-0.1, -0.05) is 24.3 Å². The predicted molar refractivity (Wildman–Crippen MR) is 105 cm³/mol. The molecule has 0 atom stereocenters. The summed E-state index contributed by atoms with van der Waals surface area (Å²) in [7, 11) is 4.03. The van der Waals surface area contributed by atoms with Crippen molar-refractivity contribution in [3.8, 4) is 0 Å². The van der Waals surface area contributed by atoms with Crippen LogP contribution in [0.3, 0.4) is 0 Å². The highest BCUT2D eigenvalue weighted by atomic mass is 32.1. The normalized spacial score (nSPS) is 14.6. The maximum atomic E-state index is 12.9. The van der Waals surface area contributed by atoms with E-state index in [1.807, 2.05) is 26.2 Å². The Labute approximate surface area is 162 Å². The zero-order valence-corrected chi connectivity index (χ0v) is 16.8. The van der Waals surface area contributed by atoms with Crippen molar-refractivity contribution in [1.29, 1.82) is 0 Å². The maximum absolute atomic E-state index is 12.9. The van der Waals surface area contributed by atoms with Crippen LogP contribution in [-0.4, -0.2) is 61.3 Å². The molecule has 3 amide bonds. The lowest BCUT2D eigenvalue weighted by atomic mass is 10.2. The smallest absolute Gasteiger partial charge is 0.249 e. The monoisotopic (exact) mass is 389 g/mol. The van der Waals surface area contributed by atoms with Crippen LogP contribution in [0, 0.1) is 0 Å². The van der Waals surface area contributed by atoms with Gasteiger partial charge >= 0.3 is 0 Å². The van der Waals surface area contributed by atoms with Crippen LogP contribution in [0.5, 0.6) is 0 Å². The van der Waals surface area contributed by atoms with Gasteiger partial charge in [0, 0.05) is 12.8 Å². The molecule has 0 saturated carbocycles. The summed E-state index contributed by atoms with van der Waals surface area (Å²) in [5, 5.41) is 0.614. The molecule has 0 unspecified atom stereocenters. The zero-order valence-electron chi connectivity index (χ0n) is 15.9. The van der Waals surface area contributed by atoms with Gasteiger partial charge in [-0.05, 0) is 24.1 Å². The molecule has 3 rings (SSSR count). The molecular weight excluding hydrogens is 364 g/mol. The minimum atomic E-state index is -0.275. The molecule has 8 heteroatoms. The third-order valence-electron chi connectivity index (χ3n) is 4.67. The van der Waals surface area contributed by atoms with Crippen LogP contribution >= 0.6 is 11.3 Å². The average Bonchev–Trinajstić information content (AvgIpc) is 3.19. The number of thiazole rings is 1. The number of amides is 3. The average molecular weight is 390 g/mol. The highest BCUT2D eigenvalue weighted by Crippen LogP contribution is 2.30. The summed E-state index contributed by atoms with van der Waals surface area (Å²) in [6, 6.07) is 6.12. The van der Waals surface area contributed by atoms with Gasteiger partial charge in [0.05, 0.1) is 37.4 Å². The fraction of sp³-hybridized carbons (Fsp3) is 0.474. The Bertz CT molecular complexity index is 861. The largest absolute Gasteiger partial charge is 0.338 e. The van der Waals surface area contributed by atoms with E-state index in [9.17, 15) is 14.4 Å². The standard InChI is InChI=1S/C19H24N4O3S/c1-4-13-5-6-14-15(11-13)27-19(20-14)22(10-9-21(2)3)18(26)12-23-16(24)7-8-17(23)25/h5-6,11H,4,7-10,12H2,1-3H3/p+1. The molecule has 2 heterocycles. The van der Waals surface area contributed by atoms with Crippen molar-refractivity contribution in [2.75, 3.05) is 38.6 Å². The van der Waals surface area contributed by atoms with E-state index in [-0.39, 0.29) is 37.1 Å². The number of nitrogens with one attached hydrogen (secondary N) is 1. The number of anilines is 1. The Hall–Kier alpha value is -2.32. The van der Waals surface area contributed by atoms with Gasteiger partial charge in [0.15, 0.2) is 5.13 Å². The topological polar surface area (TPSA) is 75.0 Å². The van der Waals surface area contributed by atoms with E-state index in [4.69, 9.17) is 0 Å². The van der Waals surface area contributed by atoms with Crippen LogP contribution in [0.15, 0.2) is 18.2 Å². The molecule has 0 spiro atoms. The number of hydrogen-bond acceptors (Lipinski definition) is 5. The molecule has 27 heavy (non-hydrogen) atoms. The quantitative estimate of drug-likeness (QED) is 0.699. The Kier molecular flexibility index (Phi) is 5.86. The number of hydrogen-bond donors (Lipinski definition) is 1. The third-order valence-corrected chi connectivity index (χ3v) is 5.71. The number of nitrogens with zero attached hydrogens (tertiary/aromatic N) is 3. The highest BCUT2D eigenvalue weighted by Gasteiger charge is 2.32. The lowest BCUT2D eigenvalue weighted by molar-refractivity contribution is -0.856. The summed E-state index contributed by atoms with van der Waals surface area (Å²) in [6.45, 7) is 3.11. The van der Waals surface area contributed by atoms with E-state index >= 15 is 0 Å². The number of quaternary nitrogens is 1. The lowest BCUT2D eigenvalue weighted by Crippen LogP contribution is -3.06. The first kappa shape index (κ1) is 19.4. The zero-order chi connectivity index (χ0) is 19.6. The second-order valence-electron chi connectivity index (χ2n) is 7.03. The summed E-state index contributed by atoms with van der Waals surface area (Å²) in [5.41, 5.74) is 2.08. The van der Waals surface area contributed by atoms with E-state index in [0.29, 0.717) is 11.7 Å². The van der Waals surface area contributed by atoms with Crippen molar-refractivity contribution < 1.29 is 19.3 Å². The summed E-state index contributed by atoms with van der Waals surface area (Å²) in [4.78, 5) is 45.2. The van der Waals surface area contributed by atoms with Gasteiger partial charge in [-0.25, -0.2) is 4.98 Å². The van der Waals surface area contributed by atoms with Crippen molar-refractivity contribution in [3.63, 3.8) is 0 Å². The molecule has 1 aromatic heterocycles. The first-order valence-electron chi connectivity index (χ1n) is 9.21. The van der Waals surface area contributed by atoms with Crippen LogP contribution in [0.4, 0.5) is 5.13 Å². The Morgan fingerprint density at radius 2 is 1.96 bits per heavy atom. The Balaban J connectivity index is 1.87. The molecule has 144 valence electrons. The van der Waals surface area contributed by atoms with E-state index in [2.05, 4.69) is 18.0 Å². The SMILES string of the molecule is CCc1ccc2nc(N(CC[NH+](C)C)C(=O)CN3C(=O)CCC3=O)sc2c1. The fourth-order valence-corrected chi connectivity index (χ4v) is 4.05. The van der Waals surface area contributed by atoms with Crippen LogP contribution in [-0.2, 0) is 20.8 Å². The number of aryl methyl sites for hydroxylation is 1. The molecular formula is C19H25N4O3S+. The Morgan fingerprint density at radius 3 is 2.59 bits per heavy atom. The molecule has 7 nitrogen and oxygen atoms in total. The lowest BCUT2D eigenvalue weighted by Gasteiger charge is -2.23. The van der Waals surface area contributed by atoms with E-state index in [0.717, 1.165) is 28.1 Å². The van der Waals surface area contributed by atoms with Crippen molar-refractivity contribution >= 4 is 44.4 Å². The number of likely N-dealkylation sites (tertiary alicyclic amines) is 1. The van der Waals surface area contributed by atoms with E-state index in [1.165, 1.54) is 21.8 Å². The molecule has 0 aliphatic carbocycles. The molecule has 1 aliphatic heterocycles. The van der Waals surface area contributed by atoms with Crippen molar-refractivity contribution in [1.82, 2.24) is 9.88 Å². The van der Waals surface area contributed by atoms with Crippen molar-refractivity contribution in [2.24, 2.45) is 0 Å². The van der Waals surface area contributed by atoms with Gasteiger partial charge in [0.25, 0.3) is 0 Å². The number of benzene rings is 1. The molecule has 1 aliphatic rings. The first-order valence-corrected chi connectivity index (χ1v) is 10.0. The highest BCUT2D eigenvalue weighted by molar-refractivity contribution is 7.22. The summed E-state index contributed by atoms with van der Waals surface area (Å²) < 4.78 is 1.03. The van der Waals surface area contributed by atoms with Gasteiger partial charge in [0.1, 0.15) is 6.54 Å². The molecule has 2 aromatic rings. The predicted octanol–water partition coefficient (Wildman–Crippen LogP) is 0.485. The third kappa shape index (κ3) is 4.33. The van der Waals surface area contributed by atoms with Gasteiger partial charge in [0.2, 0.25) is 17.7 Å². The van der Waals surface area contributed by atoms with Gasteiger partial charge in [-0.2, -0.15) is 0 Å². The number of aromatic nitrogens is 1. The first-order chi connectivity index (χ1) is 12.9. The number of imide groups is 1. The minimum Gasteiger partial charge on any atom is -0.338 e. The number of carbonyl (C=O) groups is 3. The second-order valence-corrected chi connectivity index (χ2v) is 8.04. The number of carbonyl (C=O) groups excluding carboxylic acids is 3. The van der Waals surface area contributed by atoms with Crippen LogP contribution in [0.2, 0.25) is 0 Å². The van der Waals surface area contributed by atoms with Gasteiger partial charge < -0.3 is 4.90 Å². The number of rotatable bonds is 7. The maximum Gasteiger partial charge on any atom is 0.249 e. The summed E-state index contributed by atoms with van der Waals surface area (Å²) in [5.74, 6) is -0.818. The molecule has 1 saturated heterocycles. The van der Waals surface area contributed by atoms with E-state index in [1.54, 1.807) is 4.90 Å². The molecule has 1 N–H and O–H groups in total. The van der Waals surface area contributed by atoms with Crippen molar-refractivity contribution in [3.05, 3.63) is 23.8 Å². The number of likely N-dealkylation sites (N-methyl/N-ethyl adjacent to an activating group) is 1.